The van der Waals surface area contributed by atoms with Crippen molar-refractivity contribution in [2.75, 3.05) is 45.8 Å². The Kier molecular flexibility index (Phi) is 7.09. The monoisotopic (exact) mass is 241 g/mol. The summed E-state index contributed by atoms with van der Waals surface area (Å²) in [5.74, 6) is 0.797. The molecular formula is C14H31N3. The Morgan fingerprint density at radius 3 is 2.18 bits per heavy atom. The van der Waals surface area contributed by atoms with Crippen LogP contribution < -0.4 is 5.32 Å². The van der Waals surface area contributed by atoms with Gasteiger partial charge in [-0.25, -0.2) is 0 Å². The summed E-state index contributed by atoms with van der Waals surface area (Å²) in [5, 5.41) is 3.48. The highest BCUT2D eigenvalue weighted by molar-refractivity contribution is 4.79. The first-order valence-corrected chi connectivity index (χ1v) is 7.34. The van der Waals surface area contributed by atoms with E-state index in [0.29, 0.717) is 0 Å². The lowest BCUT2D eigenvalue weighted by atomic mass is 10.1. The lowest BCUT2D eigenvalue weighted by molar-refractivity contribution is 0.0868. The van der Waals surface area contributed by atoms with Gasteiger partial charge < -0.3 is 10.2 Å². The molecule has 1 rings (SSSR count). The van der Waals surface area contributed by atoms with E-state index in [2.05, 4.69) is 42.8 Å². The largest absolute Gasteiger partial charge is 0.315 e. The van der Waals surface area contributed by atoms with Gasteiger partial charge in [-0.1, -0.05) is 27.7 Å². The SMILES string of the molecule is CCNCC(CC)N1CCN(CC(C)C)CC1. The Balaban J connectivity index is 2.28. The summed E-state index contributed by atoms with van der Waals surface area (Å²) in [6.45, 7) is 17.6. The number of nitrogens with zero attached hydrogens (tertiary/aromatic N) is 2. The van der Waals surface area contributed by atoms with E-state index >= 15 is 0 Å². The molecule has 1 atom stereocenters. The highest BCUT2D eigenvalue weighted by Gasteiger charge is 2.22. The Labute approximate surface area is 108 Å². The van der Waals surface area contributed by atoms with Gasteiger partial charge in [0, 0.05) is 45.3 Å². The summed E-state index contributed by atoms with van der Waals surface area (Å²) in [5.41, 5.74) is 0. The molecule has 1 aliphatic heterocycles. The van der Waals surface area contributed by atoms with Crippen LogP contribution in [0.15, 0.2) is 0 Å². The maximum Gasteiger partial charge on any atom is 0.0219 e. The molecule has 0 bridgehead atoms. The van der Waals surface area contributed by atoms with Gasteiger partial charge in [-0.05, 0) is 18.9 Å². The lowest BCUT2D eigenvalue weighted by Gasteiger charge is -2.39. The minimum atomic E-state index is 0.733. The van der Waals surface area contributed by atoms with Crippen molar-refractivity contribution >= 4 is 0 Å². The van der Waals surface area contributed by atoms with Gasteiger partial charge in [0.25, 0.3) is 0 Å². The molecule has 0 amide bonds. The van der Waals surface area contributed by atoms with Gasteiger partial charge in [0.05, 0.1) is 0 Å². The second-order valence-corrected chi connectivity index (χ2v) is 5.60. The number of piperazine rings is 1. The van der Waals surface area contributed by atoms with Gasteiger partial charge in [0.15, 0.2) is 0 Å². The van der Waals surface area contributed by atoms with Crippen LogP contribution in [0, 0.1) is 5.92 Å². The second-order valence-electron chi connectivity index (χ2n) is 5.60. The van der Waals surface area contributed by atoms with E-state index in [1.54, 1.807) is 0 Å². The van der Waals surface area contributed by atoms with Crippen LogP contribution in [0.4, 0.5) is 0 Å². The summed E-state index contributed by atoms with van der Waals surface area (Å²) in [7, 11) is 0. The Morgan fingerprint density at radius 2 is 1.71 bits per heavy atom. The molecule has 3 heteroatoms. The van der Waals surface area contributed by atoms with Crippen molar-refractivity contribution in [1.29, 1.82) is 0 Å². The van der Waals surface area contributed by atoms with Gasteiger partial charge in [-0.2, -0.15) is 0 Å². The maximum atomic E-state index is 3.48. The molecule has 0 aliphatic carbocycles. The number of likely N-dealkylation sites (N-methyl/N-ethyl adjacent to an activating group) is 1. The highest BCUT2D eigenvalue weighted by Crippen LogP contribution is 2.10. The number of rotatable bonds is 7. The molecule has 0 aromatic rings. The van der Waals surface area contributed by atoms with Gasteiger partial charge >= 0.3 is 0 Å². The van der Waals surface area contributed by atoms with Crippen molar-refractivity contribution in [1.82, 2.24) is 15.1 Å². The molecule has 1 unspecified atom stereocenters. The Bertz CT molecular complexity index is 186. The van der Waals surface area contributed by atoms with Gasteiger partial charge in [0.2, 0.25) is 0 Å². The number of hydrogen-bond acceptors (Lipinski definition) is 3. The fourth-order valence-electron chi connectivity index (χ4n) is 2.67. The topological polar surface area (TPSA) is 18.5 Å². The van der Waals surface area contributed by atoms with Crippen molar-refractivity contribution in [3.05, 3.63) is 0 Å². The molecule has 1 saturated heterocycles. The minimum absolute atomic E-state index is 0.733. The quantitative estimate of drug-likeness (QED) is 0.731. The molecule has 1 N–H and O–H groups in total. The van der Waals surface area contributed by atoms with E-state index in [9.17, 15) is 0 Å². The molecule has 0 saturated carbocycles. The molecule has 3 nitrogen and oxygen atoms in total. The number of hydrogen-bond donors (Lipinski definition) is 1. The molecule has 1 aliphatic rings. The van der Waals surface area contributed by atoms with Crippen molar-refractivity contribution < 1.29 is 0 Å². The van der Waals surface area contributed by atoms with Crippen LogP contribution in [0.3, 0.4) is 0 Å². The fourth-order valence-corrected chi connectivity index (χ4v) is 2.67. The zero-order valence-electron chi connectivity index (χ0n) is 12.2. The summed E-state index contributed by atoms with van der Waals surface area (Å²) in [6.07, 6.45) is 1.26. The maximum absolute atomic E-state index is 3.48. The van der Waals surface area contributed by atoms with E-state index < -0.39 is 0 Å². The van der Waals surface area contributed by atoms with Crippen LogP contribution in [0.1, 0.15) is 34.1 Å². The van der Waals surface area contributed by atoms with Crippen LogP contribution in [-0.4, -0.2) is 61.7 Å². The van der Waals surface area contributed by atoms with Gasteiger partial charge in [-0.3, -0.25) is 4.90 Å². The third-order valence-corrected chi connectivity index (χ3v) is 3.65. The minimum Gasteiger partial charge on any atom is -0.315 e. The summed E-state index contributed by atoms with van der Waals surface area (Å²) < 4.78 is 0. The first kappa shape index (κ1) is 14.9. The first-order chi connectivity index (χ1) is 8.17. The molecule has 1 heterocycles. The normalized spacial score (nSPS) is 21.0. The average Bonchev–Trinajstić information content (AvgIpc) is 2.31. The van der Waals surface area contributed by atoms with Crippen LogP contribution >= 0.6 is 0 Å². The summed E-state index contributed by atoms with van der Waals surface area (Å²) in [6, 6.07) is 0.733. The third-order valence-electron chi connectivity index (χ3n) is 3.65. The molecule has 17 heavy (non-hydrogen) atoms. The standard InChI is InChI=1S/C14H31N3/c1-5-14(11-15-6-2)17-9-7-16(8-10-17)12-13(3)4/h13-15H,5-12H2,1-4H3. The van der Waals surface area contributed by atoms with Crippen molar-refractivity contribution in [2.45, 2.75) is 40.2 Å². The molecule has 102 valence electrons. The van der Waals surface area contributed by atoms with Crippen LogP contribution in [0.5, 0.6) is 0 Å². The molecule has 0 radical (unpaired) electrons. The second kappa shape index (κ2) is 8.06. The predicted molar refractivity (Wildman–Crippen MR) is 75.5 cm³/mol. The van der Waals surface area contributed by atoms with Crippen molar-refractivity contribution in [3.63, 3.8) is 0 Å². The Morgan fingerprint density at radius 1 is 1.06 bits per heavy atom. The van der Waals surface area contributed by atoms with E-state index in [1.807, 2.05) is 0 Å². The van der Waals surface area contributed by atoms with E-state index in [1.165, 1.54) is 39.1 Å². The van der Waals surface area contributed by atoms with Crippen LogP contribution in [0.25, 0.3) is 0 Å². The van der Waals surface area contributed by atoms with Crippen molar-refractivity contribution in [3.8, 4) is 0 Å². The first-order valence-electron chi connectivity index (χ1n) is 7.34. The fraction of sp³-hybridized carbons (Fsp3) is 1.00. The zero-order valence-corrected chi connectivity index (χ0v) is 12.2. The molecule has 0 aromatic heterocycles. The predicted octanol–water partition coefficient (Wildman–Crippen LogP) is 1.65. The lowest BCUT2D eigenvalue weighted by Crippen LogP contribution is -2.53. The molecule has 1 fully saturated rings. The smallest absolute Gasteiger partial charge is 0.0219 e. The Hall–Kier alpha value is -0.120. The van der Waals surface area contributed by atoms with E-state index in [-0.39, 0.29) is 0 Å². The van der Waals surface area contributed by atoms with Crippen LogP contribution in [-0.2, 0) is 0 Å². The average molecular weight is 241 g/mol. The van der Waals surface area contributed by atoms with E-state index in [4.69, 9.17) is 0 Å². The van der Waals surface area contributed by atoms with Crippen molar-refractivity contribution in [2.24, 2.45) is 5.92 Å². The highest BCUT2D eigenvalue weighted by atomic mass is 15.3. The third kappa shape index (κ3) is 5.36. The summed E-state index contributed by atoms with van der Waals surface area (Å²) in [4.78, 5) is 5.28. The molecule has 0 spiro atoms. The summed E-state index contributed by atoms with van der Waals surface area (Å²) >= 11 is 0. The molecule has 0 aromatic carbocycles. The van der Waals surface area contributed by atoms with E-state index in [0.717, 1.165) is 25.0 Å². The molecular weight excluding hydrogens is 210 g/mol. The zero-order chi connectivity index (χ0) is 12.7. The van der Waals surface area contributed by atoms with Crippen LogP contribution in [0.2, 0.25) is 0 Å². The number of nitrogens with one attached hydrogen (secondary N) is 1. The van der Waals surface area contributed by atoms with Gasteiger partial charge in [-0.15, -0.1) is 0 Å². The van der Waals surface area contributed by atoms with Gasteiger partial charge in [0.1, 0.15) is 0 Å².